The number of hydrogen-bond acceptors (Lipinski definition) is 4. The van der Waals surface area contributed by atoms with Gasteiger partial charge in [0.15, 0.2) is 0 Å². The third-order valence-corrected chi connectivity index (χ3v) is 4.72. The Bertz CT molecular complexity index is 872. The molecule has 1 N–H and O–H groups in total. The van der Waals surface area contributed by atoms with E-state index in [2.05, 4.69) is 29.0 Å². The Morgan fingerprint density at radius 1 is 1.15 bits per heavy atom. The second kappa shape index (κ2) is 8.64. The molecule has 0 aliphatic heterocycles. The van der Waals surface area contributed by atoms with E-state index >= 15 is 0 Å². The Morgan fingerprint density at radius 2 is 1.89 bits per heavy atom. The molecule has 0 aliphatic rings. The molecule has 0 unspecified atom stereocenters. The van der Waals surface area contributed by atoms with Crippen molar-refractivity contribution in [3.63, 3.8) is 0 Å². The summed E-state index contributed by atoms with van der Waals surface area (Å²) >= 11 is 0. The molecule has 5 nitrogen and oxygen atoms in total. The molecule has 0 bridgehead atoms. The monoisotopic (exact) mass is 363 g/mol. The molecule has 3 rings (SSSR count). The van der Waals surface area contributed by atoms with Crippen LogP contribution >= 0.6 is 0 Å². The molecular formula is C22H25N3O2. The summed E-state index contributed by atoms with van der Waals surface area (Å²) in [5.41, 5.74) is 3.58. The number of nitrogens with zero attached hydrogens (tertiary/aromatic N) is 2. The maximum absolute atomic E-state index is 13.2. The third kappa shape index (κ3) is 4.26. The number of benzene rings is 2. The van der Waals surface area contributed by atoms with Crippen LogP contribution in [-0.4, -0.2) is 28.9 Å². The molecule has 0 saturated heterocycles. The van der Waals surface area contributed by atoms with Crippen LogP contribution in [0.5, 0.6) is 0 Å². The highest BCUT2D eigenvalue weighted by Crippen LogP contribution is 2.27. The fraction of sp³-hybridized carbons (Fsp3) is 0.273. The summed E-state index contributed by atoms with van der Waals surface area (Å²) in [5, 5.41) is 3.11. The standard InChI is InChI=1S/C22H25N3O2/c1-4-25(5-2)20(17-9-7-6-8-10-17)21(26)24-19-15-18(12-11-16(19)3)22-23-13-14-27-22/h6-15,20H,4-5H2,1-3H3,(H,24,26)/t20-/m0/s1. The van der Waals surface area contributed by atoms with Crippen LogP contribution < -0.4 is 5.32 Å². The van der Waals surface area contributed by atoms with Crippen molar-refractivity contribution in [2.75, 3.05) is 18.4 Å². The summed E-state index contributed by atoms with van der Waals surface area (Å²) < 4.78 is 5.38. The van der Waals surface area contributed by atoms with Crippen LogP contribution in [0.3, 0.4) is 0 Å². The van der Waals surface area contributed by atoms with E-state index in [1.165, 1.54) is 0 Å². The fourth-order valence-electron chi connectivity index (χ4n) is 3.21. The number of rotatable bonds is 7. The first-order chi connectivity index (χ1) is 13.1. The van der Waals surface area contributed by atoms with Crippen LogP contribution in [-0.2, 0) is 4.79 Å². The zero-order valence-electron chi connectivity index (χ0n) is 16.0. The predicted octanol–water partition coefficient (Wildman–Crippen LogP) is 4.67. The number of oxazole rings is 1. The Balaban J connectivity index is 1.90. The van der Waals surface area contributed by atoms with Crippen LogP contribution in [0, 0.1) is 6.92 Å². The molecule has 0 aliphatic carbocycles. The second-order valence-corrected chi connectivity index (χ2v) is 6.39. The van der Waals surface area contributed by atoms with Gasteiger partial charge in [-0.3, -0.25) is 9.69 Å². The third-order valence-electron chi connectivity index (χ3n) is 4.72. The molecule has 3 aromatic rings. The van der Waals surface area contributed by atoms with Crippen molar-refractivity contribution in [1.82, 2.24) is 9.88 Å². The van der Waals surface area contributed by atoms with E-state index in [-0.39, 0.29) is 11.9 Å². The number of aromatic nitrogens is 1. The molecule has 1 aromatic heterocycles. The van der Waals surface area contributed by atoms with Crippen LogP contribution in [0.15, 0.2) is 65.4 Å². The van der Waals surface area contributed by atoms with Gasteiger partial charge < -0.3 is 9.73 Å². The van der Waals surface area contributed by atoms with E-state index in [9.17, 15) is 4.79 Å². The van der Waals surface area contributed by atoms with Gasteiger partial charge in [-0.2, -0.15) is 0 Å². The maximum atomic E-state index is 13.2. The van der Waals surface area contributed by atoms with E-state index in [0.29, 0.717) is 5.89 Å². The maximum Gasteiger partial charge on any atom is 0.246 e. The molecule has 0 saturated carbocycles. The topological polar surface area (TPSA) is 58.4 Å². The van der Waals surface area contributed by atoms with Crippen molar-refractivity contribution >= 4 is 11.6 Å². The van der Waals surface area contributed by atoms with Crippen molar-refractivity contribution in [3.05, 3.63) is 72.1 Å². The molecule has 2 aromatic carbocycles. The average Bonchev–Trinajstić information content (AvgIpc) is 3.23. The first kappa shape index (κ1) is 18.9. The van der Waals surface area contributed by atoms with Crippen LogP contribution in [0.25, 0.3) is 11.5 Å². The van der Waals surface area contributed by atoms with Gasteiger partial charge in [0.05, 0.1) is 6.20 Å². The lowest BCUT2D eigenvalue weighted by Gasteiger charge is -2.29. The number of amides is 1. The molecular weight excluding hydrogens is 338 g/mol. The predicted molar refractivity (Wildman–Crippen MR) is 107 cm³/mol. The van der Waals surface area contributed by atoms with E-state index in [1.807, 2.05) is 55.5 Å². The molecule has 1 heterocycles. The zero-order valence-corrected chi connectivity index (χ0v) is 16.0. The SMILES string of the molecule is CCN(CC)[C@H](C(=O)Nc1cc(-c2ncco2)ccc1C)c1ccccc1. The number of aryl methyl sites for hydroxylation is 1. The van der Waals surface area contributed by atoms with Crippen molar-refractivity contribution in [1.29, 1.82) is 0 Å². The van der Waals surface area contributed by atoms with Gasteiger partial charge in [-0.05, 0) is 43.3 Å². The summed E-state index contributed by atoms with van der Waals surface area (Å²) in [6.45, 7) is 7.70. The molecule has 1 amide bonds. The summed E-state index contributed by atoms with van der Waals surface area (Å²) in [4.78, 5) is 19.6. The van der Waals surface area contributed by atoms with E-state index < -0.39 is 0 Å². The zero-order chi connectivity index (χ0) is 19.2. The largest absolute Gasteiger partial charge is 0.445 e. The Kier molecular flexibility index (Phi) is 6.04. The summed E-state index contributed by atoms with van der Waals surface area (Å²) in [6.07, 6.45) is 3.15. The van der Waals surface area contributed by atoms with E-state index in [0.717, 1.165) is 35.5 Å². The van der Waals surface area contributed by atoms with Crippen molar-refractivity contribution in [2.24, 2.45) is 0 Å². The minimum atomic E-state index is -0.342. The number of anilines is 1. The Morgan fingerprint density at radius 3 is 2.52 bits per heavy atom. The van der Waals surface area contributed by atoms with Gasteiger partial charge in [0.1, 0.15) is 12.3 Å². The first-order valence-corrected chi connectivity index (χ1v) is 9.24. The summed E-state index contributed by atoms with van der Waals surface area (Å²) in [7, 11) is 0. The summed E-state index contributed by atoms with van der Waals surface area (Å²) in [5.74, 6) is 0.492. The number of carbonyl (C=O) groups is 1. The van der Waals surface area contributed by atoms with Crippen LogP contribution in [0.1, 0.15) is 31.0 Å². The number of hydrogen-bond donors (Lipinski definition) is 1. The van der Waals surface area contributed by atoms with Gasteiger partial charge in [0.25, 0.3) is 0 Å². The lowest BCUT2D eigenvalue weighted by atomic mass is 10.0. The molecule has 5 heteroatoms. The lowest BCUT2D eigenvalue weighted by molar-refractivity contribution is -0.121. The quantitative estimate of drug-likeness (QED) is 0.663. The van der Waals surface area contributed by atoms with Gasteiger partial charge >= 0.3 is 0 Å². The lowest BCUT2D eigenvalue weighted by Crippen LogP contribution is -2.37. The molecule has 27 heavy (non-hydrogen) atoms. The highest BCUT2D eigenvalue weighted by atomic mass is 16.3. The number of carbonyl (C=O) groups excluding carboxylic acids is 1. The van der Waals surface area contributed by atoms with Gasteiger partial charge in [0, 0.05) is 11.3 Å². The molecule has 140 valence electrons. The smallest absolute Gasteiger partial charge is 0.246 e. The number of nitrogens with one attached hydrogen (secondary N) is 1. The molecule has 0 radical (unpaired) electrons. The molecule has 0 spiro atoms. The average molecular weight is 363 g/mol. The molecule has 0 fully saturated rings. The van der Waals surface area contributed by atoms with Gasteiger partial charge in [0.2, 0.25) is 11.8 Å². The van der Waals surface area contributed by atoms with Crippen LogP contribution in [0.2, 0.25) is 0 Å². The normalized spacial score (nSPS) is 12.1. The molecule has 1 atom stereocenters. The first-order valence-electron chi connectivity index (χ1n) is 9.24. The Labute approximate surface area is 160 Å². The highest BCUT2D eigenvalue weighted by Gasteiger charge is 2.26. The minimum Gasteiger partial charge on any atom is -0.445 e. The van der Waals surface area contributed by atoms with Gasteiger partial charge in [-0.15, -0.1) is 0 Å². The number of likely N-dealkylation sites (N-methyl/N-ethyl adjacent to an activating group) is 1. The van der Waals surface area contributed by atoms with Crippen molar-refractivity contribution in [3.8, 4) is 11.5 Å². The van der Waals surface area contributed by atoms with Gasteiger partial charge in [-0.1, -0.05) is 50.2 Å². The minimum absolute atomic E-state index is 0.0439. The summed E-state index contributed by atoms with van der Waals surface area (Å²) in [6, 6.07) is 15.4. The second-order valence-electron chi connectivity index (χ2n) is 6.39. The van der Waals surface area contributed by atoms with E-state index in [1.54, 1.807) is 12.5 Å². The van der Waals surface area contributed by atoms with E-state index in [4.69, 9.17) is 4.42 Å². The van der Waals surface area contributed by atoms with Gasteiger partial charge in [-0.25, -0.2) is 4.98 Å². The van der Waals surface area contributed by atoms with Crippen molar-refractivity contribution < 1.29 is 9.21 Å². The highest BCUT2D eigenvalue weighted by molar-refractivity contribution is 5.96. The van der Waals surface area contributed by atoms with Crippen LogP contribution in [0.4, 0.5) is 5.69 Å². The fourth-order valence-corrected chi connectivity index (χ4v) is 3.21. The Hall–Kier alpha value is -2.92. The van der Waals surface area contributed by atoms with Crippen molar-refractivity contribution in [2.45, 2.75) is 26.8 Å².